The molecule has 0 spiro atoms. The number of carbonyl (C=O) groups excluding carboxylic acids is 1. The minimum atomic E-state index is -0.642. The van der Waals surface area contributed by atoms with Gasteiger partial charge in [0.25, 0.3) is 5.91 Å². The second-order valence-corrected chi connectivity index (χ2v) is 5.79. The lowest BCUT2D eigenvalue weighted by molar-refractivity contribution is 0.0310. The minimum Gasteiger partial charge on any atom is -0.386 e. The number of nitrogens with two attached hydrogens (primary N) is 1. The summed E-state index contributed by atoms with van der Waals surface area (Å²) in [5, 5.41) is 10.5. The number of nitrogens with zero attached hydrogens (tertiary/aromatic N) is 2. The Morgan fingerprint density at radius 1 is 1.67 bits per heavy atom. The summed E-state index contributed by atoms with van der Waals surface area (Å²) in [5.41, 5.74) is 5.57. The number of amides is 1. The zero-order chi connectivity index (χ0) is 12.9. The van der Waals surface area contributed by atoms with Crippen LogP contribution < -0.4 is 10.6 Å². The predicted molar refractivity (Wildman–Crippen MR) is 69.8 cm³/mol. The van der Waals surface area contributed by atoms with Crippen molar-refractivity contribution in [2.75, 3.05) is 18.0 Å². The van der Waals surface area contributed by atoms with Gasteiger partial charge in [0.05, 0.1) is 34.5 Å². The SMILES string of the molecule is CC1(O)CN(c2nc3c(C(N)=O)[c]ccc3s2)C1. The quantitative estimate of drug-likeness (QED) is 0.837. The molecule has 3 rings (SSSR count). The topological polar surface area (TPSA) is 79.4 Å². The summed E-state index contributed by atoms with van der Waals surface area (Å²) >= 11 is 1.49. The molecule has 0 atom stereocenters. The van der Waals surface area contributed by atoms with Crippen LogP contribution in [0.2, 0.25) is 0 Å². The standard InChI is InChI=1S/C12H12N3O2S/c1-12(17)5-15(6-12)11-14-9-7(10(13)16)3-2-4-8(9)18-11/h2,4,17H,5-6H2,1H3,(H2,13,16). The highest BCUT2D eigenvalue weighted by Gasteiger charge is 2.38. The molecule has 5 nitrogen and oxygen atoms in total. The molecular weight excluding hydrogens is 250 g/mol. The first-order valence-electron chi connectivity index (χ1n) is 5.55. The van der Waals surface area contributed by atoms with E-state index >= 15 is 0 Å². The van der Waals surface area contributed by atoms with E-state index < -0.39 is 11.5 Å². The lowest BCUT2D eigenvalue weighted by atomic mass is 9.98. The zero-order valence-corrected chi connectivity index (χ0v) is 10.6. The Morgan fingerprint density at radius 3 is 3.00 bits per heavy atom. The van der Waals surface area contributed by atoms with E-state index in [1.807, 2.05) is 11.0 Å². The number of benzene rings is 1. The number of β-amino-alcohol motifs (C(OH)–C–C–N with tert-alkyl or cyclic N) is 1. The van der Waals surface area contributed by atoms with Gasteiger partial charge in [-0.1, -0.05) is 17.4 Å². The van der Waals surface area contributed by atoms with Crippen molar-refractivity contribution in [1.82, 2.24) is 4.98 Å². The van der Waals surface area contributed by atoms with Crippen molar-refractivity contribution in [2.45, 2.75) is 12.5 Å². The average Bonchev–Trinajstić information content (AvgIpc) is 2.68. The number of hydrogen-bond donors (Lipinski definition) is 2. The number of thiazole rings is 1. The Bertz CT molecular complexity index is 627. The second kappa shape index (κ2) is 3.66. The smallest absolute Gasteiger partial charge is 0.251 e. The molecule has 0 bridgehead atoms. The molecule has 93 valence electrons. The van der Waals surface area contributed by atoms with Gasteiger partial charge in [0.2, 0.25) is 0 Å². The summed E-state index contributed by atoms with van der Waals surface area (Å²) in [5.74, 6) is -0.520. The van der Waals surface area contributed by atoms with Crippen molar-refractivity contribution in [1.29, 1.82) is 0 Å². The maximum Gasteiger partial charge on any atom is 0.251 e. The molecule has 0 unspecified atom stereocenters. The van der Waals surface area contributed by atoms with Crippen LogP contribution in [-0.4, -0.2) is 34.7 Å². The highest BCUT2D eigenvalue weighted by atomic mass is 32.1. The van der Waals surface area contributed by atoms with E-state index in [0.717, 1.165) is 9.83 Å². The summed E-state index contributed by atoms with van der Waals surface area (Å²) in [6.45, 7) is 2.91. The van der Waals surface area contributed by atoms with Gasteiger partial charge in [-0.25, -0.2) is 4.98 Å². The van der Waals surface area contributed by atoms with Gasteiger partial charge in [0.15, 0.2) is 5.13 Å². The van der Waals surface area contributed by atoms with Crippen molar-refractivity contribution < 1.29 is 9.90 Å². The molecule has 1 amide bonds. The number of hydrogen-bond acceptors (Lipinski definition) is 5. The molecule has 6 heteroatoms. The molecule has 2 heterocycles. The highest BCUT2D eigenvalue weighted by molar-refractivity contribution is 7.22. The second-order valence-electron chi connectivity index (χ2n) is 4.78. The molecule has 1 saturated heterocycles. The van der Waals surface area contributed by atoms with Crippen molar-refractivity contribution >= 4 is 32.6 Å². The van der Waals surface area contributed by atoms with Crippen LogP contribution in [0.3, 0.4) is 0 Å². The Morgan fingerprint density at radius 2 is 2.39 bits per heavy atom. The van der Waals surface area contributed by atoms with E-state index in [9.17, 15) is 9.90 Å². The molecule has 18 heavy (non-hydrogen) atoms. The lowest BCUT2D eigenvalue weighted by Gasteiger charge is -2.44. The first-order chi connectivity index (χ1) is 8.46. The average molecular weight is 262 g/mol. The van der Waals surface area contributed by atoms with E-state index in [-0.39, 0.29) is 0 Å². The molecule has 2 aromatic rings. The molecule has 1 aromatic heterocycles. The summed E-state index contributed by atoms with van der Waals surface area (Å²) in [6.07, 6.45) is 0. The summed E-state index contributed by atoms with van der Waals surface area (Å²) < 4.78 is 0.907. The first kappa shape index (κ1) is 11.4. The zero-order valence-electron chi connectivity index (χ0n) is 9.80. The van der Waals surface area contributed by atoms with Gasteiger partial charge in [0, 0.05) is 0 Å². The van der Waals surface area contributed by atoms with Gasteiger partial charge in [-0.15, -0.1) is 0 Å². The van der Waals surface area contributed by atoms with E-state index in [2.05, 4.69) is 11.1 Å². The molecule has 3 N–H and O–H groups in total. The first-order valence-corrected chi connectivity index (χ1v) is 6.36. The number of anilines is 1. The normalized spacial score (nSPS) is 17.8. The third kappa shape index (κ3) is 1.74. The monoisotopic (exact) mass is 262 g/mol. The van der Waals surface area contributed by atoms with Gasteiger partial charge in [-0.3, -0.25) is 4.79 Å². The molecule has 0 saturated carbocycles. The predicted octanol–water partition coefficient (Wildman–Crippen LogP) is 0.766. The number of rotatable bonds is 2. The van der Waals surface area contributed by atoms with Gasteiger partial charge in [0.1, 0.15) is 0 Å². The van der Waals surface area contributed by atoms with E-state index in [0.29, 0.717) is 24.2 Å². The van der Waals surface area contributed by atoms with Crippen molar-refractivity contribution in [2.24, 2.45) is 5.73 Å². The van der Waals surface area contributed by atoms with E-state index in [1.54, 1.807) is 13.0 Å². The Kier molecular flexibility index (Phi) is 2.33. The fourth-order valence-electron chi connectivity index (χ4n) is 2.12. The summed E-state index contributed by atoms with van der Waals surface area (Å²) in [6, 6.07) is 6.36. The fraction of sp³-hybridized carbons (Fsp3) is 0.333. The van der Waals surface area contributed by atoms with Crippen molar-refractivity contribution in [3.63, 3.8) is 0 Å². The van der Waals surface area contributed by atoms with Crippen LogP contribution in [0.5, 0.6) is 0 Å². The number of aliphatic hydroxyl groups is 1. The van der Waals surface area contributed by atoms with Gasteiger partial charge >= 0.3 is 0 Å². The number of primary amides is 1. The van der Waals surface area contributed by atoms with Crippen molar-refractivity contribution in [3.05, 3.63) is 23.8 Å². The third-order valence-corrected chi connectivity index (χ3v) is 4.00. The van der Waals surface area contributed by atoms with E-state index in [4.69, 9.17) is 5.73 Å². The Labute approximate surface area is 108 Å². The Balaban J connectivity index is 2.02. The fourth-order valence-corrected chi connectivity index (χ4v) is 3.09. The van der Waals surface area contributed by atoms with Crippen LogP contribution in [-0.2, 0) is 0 Å². The van der Waals surface area contributed by atoms with Crippen LogP contribution in [0, 0.1) is 6.07 Å². The molecule has 1 fully saturated rings. The largest absolute Gasteiger partial charge is 0.386 e. The van der Waals surface area contributed by atoms with E-state index in [1.165, 1.54) is 11.3 Å². The molecule has 0 aliphatic carbocycles. The summed E-state index contributed by atoms with van der Waals surface area (Å²) in [4.78, 5) is 17.7. The molecule has 1 aliphatic rings. The highest BCUT2D eigenvalue weighted by Crippen LogP contribution is 2.34. The van der Waals surface area contributed by atoms with Crippen LogP contribution in [0.4, 0.5) is 5.13 Å². The lowest BCUT2D eigenvalue weighted by Crippen LogP contribution is -2.60. The van der Waals surface area contributed by atoms with Gasteiger partial charge in [-0.2, -0.15) is 0 Å². The molecule has 1 radical (unpaired) electrons. The van der Waals surface area contributed by atoms with Crippen molar-refractivity contribution in [3.8, 4) is 0 Å². The third-order valence-electron chi connectivity index (χ3n) is 2.92. The van der Waals surface area contributed by atoms with Gasteiger partial charge in [-0.05, 0) is 19.1 Å². The molecular formula is C12H12N3O2S. The van der Waals surface area contributed by atoms with Crippen LogP contribution in [0.15, 0.2) is 12.1 Å². The minimum absolute atomic E-state index is 0.322. The Hall–Kier alpha value is -1.66. The van der Waals surface area contributed by atoms with Crippen LogP contribution >= 0.6 is 11.3 Å². The van der Waals surface area contributed by atoms with Crippen LogP contribution in [0.1, 0.15) is 17.3 Å². The number of carbonyl (C=O) groups is 1. The molecule has 1 aliphatic heterocycles. The summed E-state index contributed by atoms with van der Waals surface area (Å²) in [7, 11) is 0. The number of aromatic nitrogens is 1. The maximum atomic E-state index is 11.3. The van der Waals surface area contributed by atoms with Gasteiger partial charge < -0.3 is 15.7 Å². The molecule has 1 aromatic carbocycles. The number of fused-ring (bicyclic) bond motifs is 1. The van der Waals surface area contributed by atoms with Crippen LogP contribution in [0.25, 0.3) is 10.2 Å². The maximum absolute atomic E-state index is 11.3.